The normalized spacial score (nSPS) is 11.1. The molecule has 136 valence electrons. The van der Waals surface area contributed by atoms with E-state index < -0.39 is 0 Å². The smallest absolute Gasteiger partial charge is 0.266 e. The number of halogens is 1. The quantitative estimate of drug-likeness (QED) is 0.662. The van der Waals surface area contributed by atoms with Crippen LogP contribution in [0.4, 0.5) is 5.69 Å². The van der Waals surface area contributed by atoms with E-state index in [-0.39, 0.29) is 11.5 Å². The molecular formula is C18H18BrN3O3S. The molecule has 0 aliphatic heterocycles. The number of aromatic nitrogens is 2. The fourth-order valence-electron chi connectivity index (χ4n) is 2.63. The van der Waals surface area contributed by atoms with Gasteiger partial charge in [0.25, 0.3) is 11.5 Å². The molecule has 0 fully saturated rings. The molecule has 1 amide bonds. The van der Waals surface area contributed by atoms with Gasteiger partial charge in [0.1, 0.15) is 4.83 Å². The molecule has 0 unspecified atom stereocenters. The van der Waals surface area contributed by atoms with Gasteiger partial charge in [-0.3, -0.25) is 14.2 Å². The molecule has 3 aromatic rings. The largest absolute Gasteiger partial charge is 0.383 e. The Morgan fingerprint density at radius 3 is 2.85 bits per heavy atom. The number of rotatable bonds is 5. The number of benzene rings is 1. The van der Waals surface area contributed by atoms with Crippen LogP contribution in [0.2, 0.25) is 0 Å². The second kappa shape index (κ2) is 7.69. The first kappa shape index (κ1) is 18.8. The lowest BCUT2D eigenvalue weighted by Crippen LogP contribution is -2.22. The van der Waals surface area contributed by atoms with Crippen molar-refractivity contribution < 1.29 is 9.53 Å². The maximum atomic E-state index is 12.7. The molecule has 0 saturated carbocycles. The van der Waals surface area contributed by atoms with Crippen LogP contribution in [-0.4, -0.2) is 29.2 Å². The van der Waals surface area contributed by atoms with Crippen molar-refractivity contribution in [2.75, 3.05) is 19.0 Å². The first-order valence-electron chi connectivity index (χ1n) is 7.97. The number of hydrogen-bond acceptors (Lipinski definition) is 5. The Morgan fingerprint density at radius 1 is 1.38 bits per heavy atom. The first-order valence-corrected chi connectivity index (χ1v) is 9.58. The molecule has 0 spiro atoms. The lowest BCUT2D eigenvalue weighted by Gasteiger charge is -2.07. The van der Waals surface area contributed by atoms with Gasteiger partial charge in [0.2, 0.25) is 0 Å². The molecule has 0 saturated heterocycles. The first-order chi connectivity index (χ1) is 12.4. The van der Waals surface area contributed by atoms with Gasteiger partial charge in [-0.25, -0.2) is 4.98 Å². The molecule has 0 atom stereocenters. The fourth-order valence-corrected chi connectivity index (χ4v) is 4.25. The third kappa shape index (κ3) is 3.58. The second-order valence-corrected chi connectivity index (χ2v) is 7.76. The van der Waals surface area contributed by atoms with Crippen LogP contribution in [0.15, 0.2) is 33.8 Å². The molecule has 0 bridgehead atoms. The summed E-state index contributed by atoms with van der Waals surface area (Å²) < 4.78 is 7.33. The summed E-state index contributed by atoms with van der Waals surface area (Å²) >= 11 is 4.68. The van der Waals surface area contributed by atoms with E-state index in [1.54, 1.807) is 14.0 Å². The minimum absolute atomic E-state index is 0.156. The minimum atomic E-state index is -0.252. The molecule has 0 aliphatic rings. The number of ether oxygens (including phenoxy) is 1. The number of hydrogen-bond donors (Lipinski definition) is 1. The molecule has 8 heteroatoms. The number of anilines is 1. The van der Waals surface area contributed by atoms with Crippen molar-refractivity contribution in [2.45, 2.75) is 20.4 Å². The van der Waals surface area contributed by atoms with E-state index in [1.807, 2.05) is 25.1 Å². The van der Waals surface area contributed by atoms with Gasteiger partial charge in [0.15, 0.2) is 0 Å². The topological polar surface area (TPSA) is 73.2 Å². The van der Waals surface area contributed by atoms with Gasteiger partial charge >= 0.3 is 0 Å². The lowest BCUT2D eigenvalue weighted by atomic mass is 10.2. The second-order valence-electron chi connectivity index (χ2n) is 5.91. The number of carbonyl (C=O) groups excluding carboxylic acids is 1. The highest BCUT2D eigenvalue weighted by Crippen LogP contribution is 2.29. The van der Waals surface area contributed by atoms with Crippen molar-refractivity contribution >= 4 is 49.1 Å². The monoisotopic (exact) mass is 435 g/mol. The molecule has 0 aliphatic carbocycles. The Bertz CT molecular complexity index is 1040. The predicted octanol–water partition coefficient (Wildman–Crippen LogP) is 3.74. The van der Waals surface area contributed by atoms with Crippen LogP contribution in [0.25, 0.3) is 10.2 Å². The molecule has 1 N–H and O–H groups in total. The number of methoxy groups -OCH3 is 1. The van der Waals surface area contributed by atoms with Crippen LogP contribution in [0, 0.1) is 13.8 Å². The summed E-state index contributed by atoms with van der Waals surface area (Å²) in [7, 11) is 1.58. The Hall–Kier alpha value is -2.03. The average molecular weight is 436 g/mol. The number of nitrogens with one attached hydrogen (secondary N) is 1. The van der Waals surface area contributed by atoms with Gasteiger partial charge in [0, 0.05) is 11.6 Å². The maximum absolute atomic E-state index is 12.7. The average Bonchev–Trinajstić information content (AvgIpc) is 2.94. The van der Waals surface area contributed by atoms with E-state index in [1.165, 1.54) is 22.2 Å². The Balaban J connectivity index is 1.97. The van der Waals surface area contributed by atoms with Crippen LogP contribution < -0.4 is 10.9 Å². The number of thiophene rings is 1. The number of fused-ring (bicyclic) bond motifs is 1. The molecule has 1 aromatic carbocycles. The highest BCUT2D eigenvalue weighted by Gasteiger charge is 2.20. The van der Waals surface area contributed by atoms with Crippen molar-refractivity contribution in [1.29, 1.82) is 0 Å². The lowest BCUT2D eigenvalue weighted by molar-refractivity contribution is 0.103. The SMILES string of the molecule is COCCn1cnc2sc(C(=O)Nc3ccc(C)cc3Br)c(C)c2c1=O. The summed E-state index contributed by atoms with van der Waals surface area (Å²) in [6.45, 7) is 4.60. The number of nitrogens with zero attached hydrogens (tertiary/aromatic N) is 2. The van der Waals surface area contributed by atoms with Gasteiger partial charge in [-0.2, -0.15) is 0 Å². The van der Waals surface area contributed by atoms with Crippen molar-refractivity contribution in [3.8, 4) is 0 Å². The summed E-state index contributed by atoms with van der Waals surface area (Å²) in [5.41, 5.74) is 2.27. The fraction of sp³-hybridized carbons (Fsp3) is 0.278. The van der Waals surface area contributed by atoms with E-state index in [4.69, 9.17) is 4.74 Å². The van der Waals surface area contributed by atoms with Crippen LogP contribution in [0.1, 0.15) is 20.8 Å². The van der Waals surface area contributed by atoms with E-state index in [2.05, 4.69) is 26.2 Å². The predicted molar refractivity (Wildman–Crippen MR) is 107 cm³/mol. The van der Waals surface area contributed by atoms with Gasteiger partial charge < -0.3 is 10.1 Å². The third-order valence-corrected chi connectivity index (χ3v) is 5.89. The highest BCUT2D eigenvalue weighted by molar-refractivity contribution is 9.10. The van der Waals surface area contributed by atoms with Gasteiger partial charge in [-0.15, -0.1) is 11.3 Å². The molecule has 2 aromatic heterocycles. The summed E-state index contributed by atoms with van der Waals surface area (Å²) in [5, 5.41) is 3.38. The van der Waals surface area contributed by atoms with Crippen LogP contribution >= 0.6 is 27.3 Å². The standard InChI is InChI=1S/C18H18BrN3O3S/c1-10-4-5-13(12(19)8-10)21-16(23)15-11(2)14-17(26-15)20-9-22(18(14)24)6-7-25-3/h4-5,8-9H,6-7H2,1-3H3,(H,21,23). The number of carbonyl (C=O) groups is 1. The molecule has 2 heterocycles. The minimum Gasteiger partial charge on any atom is -0.383 e. The van der Waals surface area contributed by atoms with E-state index in [0.717, 1.165) is 10.0 Å². The van der Waals surface area contributed by atoms with Crippen LogP contribution in [-0.2, 0) is 11.3 Å². The zero-order valence-electron chi connectivity index (χ0n) is 14.6. The van der Waals surface area contributed by atoms with Crippen LogP contribution in [0.3, 0.4) is 0 Å². The van der Waals surface area contributed by atoms with Crippen molar-refractivity contribution in [3.05, 3.63) is 55.4 Å². The molecule has 3 rings (SSSR count). The Labute approximate surface area is 163 Å². The number of aryl methyl sites for hydroxylation is 2. The van der Waals surface area contributed by atoms with Gasteiger partial charge in [-0.05, 0) is 53.0 Å². The summed E-state index contributed by atoms with van der Waals surface area (Å²) in [6.07, 6.45) is 1.50. The molecule has 26 heavy (non-hydrogen) atoms. The van der Waals surface area contributed by atoms with Crippen molar-refractivity contribution in [3.63, 3.8) is 0 Å². The van der Waals surface area contributed by atoms with Crippen LogP contribution in [0.5, 0.6) is 0 Å². The Kier molecular flexibility index (Phi) is 5.55. The van der Waals surface area contributed by atoms with Gasteiger partial charge in [-0.1, -0.05) is 6.07 Å². The zero-order chi connectivity index (χ0) is 18.8. The third-order valence-electron chi connectivity index (χ3n) is 4.03. The summed E-state index contributed by atoms with van der Waals surface area (Å²) in [6, 6.07) is 5.70. The molecule has 6 nitrogen and oxygen atoms in total. The van der Waals surface area contributed by atoms with Crippen molar-refractivity contribution in [2.24, 2.45) is 0 Å². The zero-order valence-corrected chi connectivity index (χ0v) is 17.0. The van der Waals surface area contributed by atoms with E-state index >= 15 is 0 Å². The van der Waals surface area contributed by atoms with E-state index in [0.29, 0.717) is 39.5 Å². The van der Waals surface area contributed by atoms with Gasteiger partial charge in [0.05, 0.1) is 35.4 Å². The van der Waals surface area contributed by atoms with Crippen molar-refractivity contribution in [1.82, 2.24) is 9.55 Å². The Morgan fingerprint density at radius 2 is 2.15 bits per heavy atom. The summed E-state index contributed by atoms with van der Waals surface area (Å²) in [4.78, 5) is 30.8. The number of amides is 1. The highest BCUT2D eigenvalue weighted by atomic mass is 79.9. The summed E-state index contributed by atoms with van der Waals surface area (Å²) in [5.74, 6) is -0.252. The molecular weight excluding hydrogens is 418 g/mol. The maximum Gasteiger partial charge on any atom is 0.266 e. The van der Waals surface area contributed by atoms with E-state index in [9.17, 15) is 9.59 Å². The molecule has 0 radical (unpaired) electrons.